The number of nitrogens with one attached hydrogen (secondary N) is 1. The Balaban J connectivity index is 1.78. The number of nitrogens with two attached hydrogens (primary N) is 1. The van der Waals surface area contributed by atoms with E-state index in [0.717, 1.165) is 12.8 Å². The third-order valence-corrected chi connectivity index (χ3v) is 2.67. The number of hydrogen-bond donors (Lipinski definition) is 2. The normalized spacial score (nSPS) is 24.3. The zero-order valence-electron chi connectivity index (χ0n) is 8.39. The van der Waals surface area contributed by atoms with Gasteiger partial charge in [0.15, 0.2) is 0 Å². The van der Waals surface area contributed by atoms with Gasteiger partial charge in [0, 0.05) is 12.6 Å². The van der Waals surface area contributed by atoms with Gasteiger partial charge in [0.1, 0.15) is 0 Å². The van der Waals surface area contributed by atoms with Crippen LogP contribution in [0.5, 0.6) is 0 Å². The molecule has 1 aromatic heterocycles. The molecule has 5 heteroatoms. The van der Waals surface area contributed by atoms with Gasteiger partial charge >= 0.3 is 0 Å². The second kappa shape index (κ2) is 4.35. The van der Waals surface area contributed by atoms with E-state index in [9.17, 15) is 4.79 Å². The number of carbonyl (C=O) groups excluding carboxylic acids is 1. The van der Waals surface area contributed by atoms with Gasteiger partial charge in [0.05, 0.1) is 18.0 Å². The first kappa shape index (κ1) is 10.0. The van der Waals surface area contributed by atoms with Gasteiger partial charge in [-0.1, -0.05) is 0 Å². The van der Waals surface area contributed by atoms with Crippen LogP contribution in [0.15, 0.2) is 18.5 Å². The molecule has 2 rings (SSSR count). The predicted molar refractivity (Wildman–Crippen MR) is 55.1 cm³/mol. The number of aromatic nitrogens is 2. The molecule has 0 spiro atoms. The van der Waals surface area contributed by atoms with Crippen molar-refractivity contribution >= 4 is 5.91 Å². The van der Waals surface area contributed by atoms with Crippen molar-refractivity contribution in [1.29, 1.82) is 0 Å². The quantitative estimate of drug-likeness (QED) is 0.726. The van der Waals surface area contributed by atoms with Crippen LogP contribution in [-0.2, 0) is 0 Å². The molecule has 3 N–H and O–H groups in total. The Labute approximate surface area is 88.1 Å². The molecule has 80 valence electrons. The van der Waals surface area contributed by atoms with E-state index in [0.29, 0.717) is 24.1 Å². The maximum absolute atomic E-state index is 11.6. The summed E-state index contributed by atoms with van der Waals surface area (Å²) >= 11 is 0. The van der Waals surface area contributed by atoms with E-state index in [-0.39, 0.29) is 5.91 Å². The highest BCUT2D eigenvalue weighted by molar-refractivity contribution is 5.93. The molecular weight excluding hydrogens is 192 g/mol. The van der Waals surface area contributed by atoms with E-state index in [4.69, 9.17) is 5.73 Å². The highest BCUT2D eigenvalue weighted by atomic mass is 16.1. The first-order chi connectivity index (χ1) is 7.25. The highest BCUT2D eigenvalue weighted by Gasteiger charge is 2.25. The number of amides is 1. The molecular formula is C10H14N4O. The van der Waals surface area contributed by atoms with Crippen molar-refractivity contribution in [2.24, 2.45) is 11.7 Å². The summed E-state index contributed by atoms with van der Waals surface area (Å²) in [6.07, 6.45) is 4.99. The van der Waals surface area contributed by atoms with Crippen LogP contribution in [0.25, 0.3) is 0 Å². The van der Waals surface area contributed by atoms with Gasteiger partial charge in [-0.25, -0.2) is 0 Å². The summed E-state index contributed by atoms with van der Waals surface area (Å²) in [6, 6.07) is 1.98. The third kappa shape index (κ3) is 2.50. The molecule has 5 nitrogen and oxygen atoms in total. The Morgan fingerprint density at radius 3 is 2.93 bits per heavy atom. The topological polar surface area (TPSA) is 80.9 Å². The van der Waals surface area contributed by atoms with Crippen LogP contribution < -0.4 is 11.1 Å². The van der Waals surface area contributed by atoms with Crippen molar-refractivity contribution in [3.8, 4) is 0 Å². The number of nitrogens with zero attached hydrogens (tertiary/aromatic N) is 2. The monoisotopic (exact) mass is 206 g/mol. The van der Waals surface area contributed by atoms with E-state index in [2.05, 4.69) is 15.5 Å². The Morgan fingerprint density at radius 2 is 2.33 bits per heavy atom. The van der Waals surface area contributed by atoms with Crippen molar-refractivity contribution < 1.29 is 4.79 Å². The van der Waals surface area contributed by atoms with Crippen molar-refractivity contribution in [3.05, 3.63) is 24.0 Å². The Morgan fingerprint density at radius 1 is 1.53 bits per heavy atom. The first-order valence-electron chi connectivity index (χ1n) is 5.06. The van der Waals surface area contributed by atoms with E-state index in [1.54, 1.807) is 6.07 Å². The van der Waals surface area contributed by atoms with Gasteiger partial charge in [-0.05, 0) is 24.8 Å². The fourth-order valence-corrected chi connectivity index (χ4v) is 1.72. The lowest BCUT2D eigenvalue weighted by atomic mass is 9.81. The summed E-state index contributed by atoms with van der Waals surface area (Å²) in [6.45, 7) is 0.703. The van der Waals surface area contributed by atoms with Gasteiger partial charge in [-0.2, -0.15) is 10.2 Å². The maximum Gasteiger partial charge on any atom is 0.252 e. The van der Waals surface area contributed by atoms with E-state index >= 15 is 0 Å². The fraction of sp³-hybridized carbons (Fsp3) is 0.500. The summed E-state index contributed by atoms with van der Waals surface area (Å²) in [4.78, 5) is 11.6. The van der Waals surface area contributed by atoms with E-state index in [1.807, 2.05) is 0 Å². The minimum atomic E-state index is -0.0922. The van der Waals surface area contributed by atoms with Crippen LogP contribution in [0.2, 0.25) is 0 Å². The Bertz CT molecular complexity index is 335. The summed E-state index contributed by atoms with van der Waals surface area (Å²) in [5.74, 6) is 0.448. The molecule has 0 radical (unpaired) electrons. The van der Waals surface area contributed by atoms with Crippen LogP contribution in [0.1, 0.15) is 23.2 Å². The molecule has 1 heterocycles. The zero-order valence-corrected chi connectivity index (χ0v) is 8.39. The first-order valence-corrected chi connectivity index (χ1v) is 5.06. The largest absolute Gasteiger partial charge is 0.352 e. The second-order valence-electron chi connectivity index (χ2n) is 3.94. The molecule has 0 atom stereocenters. The molecule has 1 amide bonds. The van der Waals surface area contributed by atoms with Gasteiger partial charge in [0.25, 0.3) is 5.91 Å². The average molecular weight is 206 g/mol. The minimum absolute atomic E-state index is 0.0922. The summed E-state index contributed by atoms with van der Waals surface area (Å²) < 4.78 is 0. The molecule has 0 unspecified atom stereocenters. The van der Waals surface area contributed by atoms with Gasteiger partial charge < -0.3 is 11.1 Å². The van der Waals surface area contributed by atoms with Crippen molar-refractivity contribution in [1.82, 2.24) is 15.5 Å². The van der Waals surface area contributed by atoms with Crippen molar-refractivity contribution in [3.63, 3.8) is 0 Å². The molecule has 0 bridgehead atoms. The number of hydrogen-bond acceptors (Lipinski definition) is 4. The van der Waals surface area contributed by atoms with Crippen LogP contribution >= 0.6 is 0 Å². The number of rotatable bonds is 3. The summed E-state index contributed by atoms with van der Waals surface area (Å²) in [5.41, 5.74) is 6.21. The Hall–Kier alpha value is -1.49. The zero-order chi connectivity index (χ0) is 10.7. The summed E-state index contributed by atoms with van der Waals surface area (Å²) in [7, 11) is 0. The molecule has 15 heavy (non-hydrogen) atoms. The van der Waals surface area contributed by atoms with Crippen molar-refractivity contribution in [2.45, 2.75) is 18.9 Å². The molecule has 0 saturated heterocycles. The smallest absolute Gasteiger partial charge is 0.252 e. The fourth-order valence-electron chi connectivity index (χ4n) is 1.72. The molecule has 1 saturated carbocycles. The molecule has 1 aliphatic carbocycles. The highest BCUT2D eigenvalue weighted by Crippen LogP contribution is 2.24. The Kier molecular flexibility index (Phi) is 2.91. The maximum atomic E-state index is 11.6. The standard InChI is InChI=1S/C10H14N4O/c11-9-3-7(4-9)5-12-10(15)8-1-2-13-14-6-8/h1-2,6-7,9H,3-5,11H2,(H,12,15). The van der Waals surface area contributed by atoms with Gasteiger partial charge in [-0.15, -0.1) is 0 Å². The van der Waals surface area contributed by atoms with Crippen LogP contribution in [0, 0.1) is 5.92 Å². The summed E-state index contributed by atoms with van der Waals surface area (Å²) in [5, 5.41) is 10.1. The molecule has 0 aromatic carbocycles. The van der Waals surface area contributed by atoms with Crippen molar-refractivity contribution in [2.75, 3.05) is 6.54 Å². The molecule has 1 fully saturated rings. The van der Waals surface area contributed by atoms with Crippen LogP contribution in [-0.4, -0.2) is 28.7 Å². The predicted octanol–water partition coefficient (Wildman–Crippen LogP) is -0.0563. The average Bonchev–Trinajstić information content (AvgIpc) is 2.23. The van der Waals surface area contributed by atoms with Crippen LogP contribution in [0.3, 0.4) is 0 Å². The SMILES string of the molecule is NC1CC(CNC(=O)c2ccnnc2)C1. The van der Waals surface area contributed by atoms with Crippen LogP contribution in [0.4, 0.5) is 0 Å². The van der Waals surface area contributed by atoms with Gasteiger partial charge in [-0.3, -0.25) is 4.79 Å². The van der Waals surface area contributed by atoms with Gasteiger partial charge in [0.2, 0.25) is 0 Å². The van der Waals surface area contributed by atoms with E-state index < -0.39 is 0 Å². The number of carbonyl (C=O) groups is 1. The third-order valence-electron chi connectivity index (χ3n) is 2.67. The minimum Gasteiger partial charge on any atom is -0.352 e. The molecule has 0 aliphatic heterocycles. The second-order valence-corrected chi connectivity index (χ2v) is 3.94. The lowest BCUT2D eigenvalue weighted by Gasteiger charge is -2.32. The molecule has 1 aromatic rings. The lowest BCUT2D eigenvalue weighted by molar-refractivity contribution is 0.0935. The van der Waals surface area contributed by atoms with E-state index in [1.165, 1.54) is 12.4 Å². The lowest BCUT2D eigenvalue weighted by Crippen LogP contribution is -2.42. The molecule has 1 aliphatic rings.